The van der Waals surface area contributed by atoms with E-state index in [0.717, 1.165) is 16.7 Å². The topological polar surface area (TPSA) is 85.3 Å². The van der Waals surface area contributed by atoms with Crippen LogP contribution in [0.1, 0.15) is 53.4 Å². The van der Waals surface area contributed by atoms with Crippen LogP contribution in [-0.2, 0) is 24.5 Å². The number of halogens is 1. The van der Waals surface area contributed by atoms with Gasteiger partial charge in [0.25, 0.3) is 0 Å². The molecule has 2 unspecified atom stereocenters. The zero-order valence-electron chi connectivity index (χ0n) is 24.6. The van der Waals surface area contributed by atoms with Crippen molar-refractivity contribution in [1.82, 2.24) is 0 Å². The molecule has 4 aromatic carbocycles. The summed E-state index contributed by atoms with van der Waals surface area (Å²) in [4.78, 5) is 14.2. The van der Waals surface area contributed by atoms with Gasteiger partial charge in [-0.3, -0.25) is 4.79 Å². The Bertz CT molecular complexity index is 1890. The average Bonchev–Trinajstić information content (AvgIpc) is 3.01. The minimum atomic E-state index is -4.01. The summed E-state index contributed by atoms with van der Waals surface area (Å²) in [6, 6.07) is 28.5. The third kappa shape index (κ3) is 5.43. The van der Waals surface area contributed by atoms with E-state index in [-0.39, 0.29) is 40.4 Å². The molecule has 0 heterocycles. The smallest absolute Gasteiger partial charge is 0.182 e. The zero-order valence-corrected chi connectivity index (χ0v) is 26.3. The van der Waals surface area contributed by atoms with E-state index in [1.165, 1.54) is 6.07 Å². The normalized spacial score (nSPS) is 25.8. The van der Waals surface area contributed by atoms with Crippen LogP contribution in [0.25, 0.3) is 0 Å². The van der Waals surface area contributed by atoms with Crippen LogP contribution in [0.3, 0.4) is 0 Å². The van der Waals surface area contributed by atoms with Crippen LogP contribution in [0.15, 0.2) is 113 Å². The van der Waals surface area contributed by atoms with Gasteiger partial charge in [0.2, 0.25) is 0 Å². The minimum absolute atomic E-state index is 0.0113. The molecular weight excluding hydrogens is 596 g/mol. The number of Topliss-reactive ketones (excluding diaryl/α,β-unsaturated/α-hetero) is 1. The summed E-state index contributed by atoms with van der Waals surface area (Å²) < 4.78 is 73.1. The lowest BCUT2D eigenvalue weighted by molar-refractivity contribution is -0.128. The van der Waals surface area contributed by atoms with Crippen LogP contribution in [0, 0.1) is 31.5 Å². The first-order valence-electron chi connectivity index (χ1n) is 14.9. The molecule has 5 nitrogen and oxygen atoms in total. The second-order valence-electron chi connectivity index (χ2n) is 12.3. The highest BCUT2D eigenvalue weighted by Gasteiger charge is 2.56. The van der Waals surface area contributed by atoms with E-state index >= 15 is 4.39 Å². The van der Waals surface area contributed by atoms with E-state index in [9.17, 15) is 21.6 Å². The second-order valence-corrected chi connectivity index (χ2v) is 16.5. The van der Waals surface area contributed by atoms with Gasteiger partial charge in [-0.2, -0.15) is 0 Å². The molecule has 2 saturated carbocycles. The van der Waals surface area contributed by atoms with Crippen LogP contribution in [0.5, 0.6) is 0 Å². The SMILES string of the molecule is Cc1ccc(S(=O)(=O)C2C[C@H]3C(=O)C[C@@H](c4ccccc4)C(S(=O)(=O)c4ccc(C)cc4)[C@H]3C[C@H]2c2ccccc2F)cc1. The van der Waals surface area contributed by atoms with Crippen LogP contribution < -0.4 is 0 Å². The Hall–Kier alpha value is -3.62. The van der Waals surface area contributed by atoms with E-state index < -0.39 is 59.7 Å². The summed E-state index contributed by atoms with van der Waals surface area (Å²) in [6.45, 7) is 3.75. The molecule has 228 valence electrons. The van der Waals surface area contributed by atoms with Crippen LogP contribution in [-0.4, -0.2) is 33.1 Å². The quantitative estimate of drug-likeness (QED) is 0.229. The van der Waals surface area contributed by atoms with Crippen molar-refractivity contribution in [3.05, 3.63) is 131 Å². The molecule has 0 aromatic heterocycles. The molecule has 2 aliphatic carbocycles. The number of hydrogen-bond donors (Lipinski definition) is 0. The highest BCUT2D eigenvalue weighted by atomic mass is 32.2. The molecule has 0 amide bonds. The molecule has 0 N–H and O–H groups in total. The Morgan fingerprint density at radius 1 is 0.614 bits per heavy atom. The van der Waals surface area contributed by atoms with Crippen LogP contribution in [0.4, 0.5) is 4.39 Å². The lowest BCUT2D eigenvalue weighted by Crippen LogP contribution is -2.53. The predicted molar refractivity (Wildman–Crippen MR) is 168 cm³/mol. The summed E-state index contributed by atoms with van der Waals surface area (Å²) in [5.41, 5.74) is 2.79. The monoisotopic (exact) mass is 630 g/mol. The van der Waals surface area contributed by atoms with Gasteiger partial charge in [0.1, 0.15) is 11.6 Å². The number of sulfone groups is 2. The number of aryl methyl sites for hydroxylation is 2. The van der Waals surface area contributed by atoms with Gasteiger partial charge in [0.15, 0.2) is 19.7 Å². The molecule has 0 radical (unpaired) electrons. The second kappa shape index (κ2) is 11.7. The van der Waals surface area contributed by atoms with E-state index in [1.54, 1.807) is 66.7 Å². The number of ketones is 1. The van der Waals surface area contributed by atoms with E-state index in [4.69, 9.17) is 0 Å². The molecule has 2 aliphatic rings. The third-order valence-electron chi connectivity index (χ3n) is 9.62. The lowest BCUT2D eigenvalue weighted by atomic mass is 9.61. The maximum absolute atomic E-state index is 15.5. The molecule has 0 bridgehead atoms. The maximum atomic E-state index is 15.5. The molecule has 2 fully saturated rings. The first-order valence-corrected chi connectivity index (χ1v) is 18.0. The van der Waals surface area contributed by atoms with Crippen molar-refractivity contribution in [2.75, 3.05) is 0 Å². The zero-order chi connectivity index (χ0) is 31.2. The molecule has 6 atom stereocenters. The van der Waals surface area contributed by atoms with Gasteiger partial charge in [0.05, 0.1) is 20.3 Å². The number of fused-ring (bicyclic) bond motifs is 1. The summed E-state index contributed by atoms with van der Waals surface area (Å²) in [6.07, 6.45) is -0.0328. The first kappa shape index (κ1) is 30.4. The number of hydrogen-bond acceptors (Lipinski definition) is 5. The van der Waals surface area contributed by atoms with Crippen molar-refractivity contribution >= 4 is 25.5 Å². The number of carbonyl (C=O) groups is 1. The van der Waals surface area contributed by atoms with Crippen molar-refractivity contribution in [2.45, 2.75) is 65.2 Å². The largest absolute Gasteiger partial charge is 0.299 e. The van der Waals surface area contributed by atoms with Crippen molar-refractivity contribution < 1.29 is 26.0 Å². The van der Waals surface area contributed by atoms with Crippen LogP contribution >= 0.6 is 0 Å². The summed E-state index contributed by atoms with van der Waals surface area (Å²) >= 11 is 0. The van der Waals surface area contributed by atoms with Gasteiger partial charge in [-0.25, -0.2) is 21.2 Å². The van der Waals surface area contributed by atoms with Gasteiger partial charge in [-0.1, -0.05) is 83.9 Å². The number of rotatable bonds is 6. The molecule has 44 heavy (non-hydrogen) atoms. The Labute approximate surface area is 259 Å². The summed E-state index contributed by atoms with van der Waals surface area (Å²) in [7, 11) is -8.00. The average molecular weight is 631 g/mol. The minimum Gasteiger partial charge on any atom is -0.299 e. The van der Waals surface area contributed by atoms with Crippen molar-refractivity contribution in [3.8, 4) is 0 Å². The summed E-state index contributed by atoms with van der Waals surface area (Å²) in [5.74, 6) is -3.66. The molecule has 0 spiro atoms. The van der Waals surface area contributed by atoms with Gasteiger partial charge >= 0.3 is 0 Å². The fourth-order valence-corrected chi connectivity index (χ4v) is 11.7. The van der Waals surface area contributed by atoms with E-state index in [2.05, 4.69) is 0 Å². The molecule has 8 heteroatoms. The predicted octanol–water partition coefficient (Wildman–Crippen LogP) is 6.99. The Balaban J connectivity index is 1.52. The van der Waals surface area contributed by atoms with Gasteiger partial charge in [-0.05, 0) is 74.1 Å². The fraction of sp³-hybridized carbons (Fsp3) is 0.306. The lowest BCUT2D eigenvalue weighted by Gasteiger charge is -2.48. The van der Waals surface area contributed by atoms with Gasteiger partial charge in [-0.15, -0.1) is 0 Å². The highest BCUT2D eigenvalue weighted by molar-refractivity contribution is 7.92. The van der Waals surface area contributed by atoms with Gasteiger partial charge < -0.3 is 0 Å². The Kier molecular flexibility index (Phi) is 8.09. The van der Waals surface area contributed by atoms with Crippen LogP contribution in [0.2, 0.25) is 0 Å². The maximum Gasteiger partial charge on any atom is 0.182 e. The van der Waals surface area contributed by atoms with E-state index in [1.807, 2.05) is 44.2 Å². The third-order valence-corrected chi connectivity index (χ3v) is 14.2. The van der Waals surface area contributed by atoms with Gasteiger partial charge in [0, 0.05) is 24.2 Å². The van der Waals surface area contributed by atoms with Crippen molar-refractivity contribution in [3.63, 3.8) is 0 Å². The standard InChI is InChI=1S/C36H35FO5S2/c1-23-12-16-26(17-13-23)43(39,40)35-22-30-32(20-31(35)28-10-6-7-11-33(28)37)36(44(41,42)27-18-14-24(2)15-19-27)29(21-34(30)38)25-8-4-3-5-9-25/h3-19,29-32,35-36H,20-22H2,1-2H3/t29-,30+,31-,32-,35?,36?/m0/s1. The highest BCUT2D eigenvalue weighted by Crippen LogP contribution is 2.54. The molecule has 0 aliphatic heterocycles. The number of carbonyl (C=O) groups excluding carboxylic acids is 1. The Morgan fingerprint density at radius 2 is 1.16 bits per heavy atom. The molecule has 4 aromatic rings. The fourth-order valence-electron chi connectivity index (χ4n) is 7.40. The van der Waals surface area contributed by atoms with Crippen molar-refractivity contribution in [1.29, 1.82) is 0 Å². The molecule has 0 saturated heterocycles. The molecular formula is C36H35FO5S2. The van der Waals surface area contributed by atoms with Crippen molar-refractivity contribution in [2.24, 2.45) is 11.8 Å². The first-order chi connectivity index (χ1) is 21.0. The Morgan fingerprint density at radius 3 is 1.75 bits per heavy atom. The summed E-state index contributed by atoms with van der Waals surface area (Å²) in [5, 5.41) is -2.09. The number of benzene rings is 4. The van der Waals surface area contributed by atoms with E-state index in [0.29, 0.717) is 0 Å². The molecule has 6 rings (SSSR count).